The molecule has 4 N–H and O–H groups in total. The average Bonchev–Trinajstić information content (AvgIpc) is 3.47. The SMILES string of the molecule is CNC(=O)COc1ccccc1S(=O)(=O)NC(=O)[C@@]12C[C@@H]1C=CCCCCC[C@H](NC(=O)OC(C)(C)C)C(=O)N1C[C@H](OC(=O)N3Cc4cccc(F)c4C3)C[C@H]1C(=O)N2. The highest BCUT2D eigenvalue weighted by atomic mass is 32.2. The van der Waals surface area contributed by atoms with Crippen molar-refractivity contribution in [1.29, 1.82) is 0 Å². The predicted molar refractivity (Wildman–Crippen MR) is 212 cm³/mol. The number of alkyl carbamates (subject to hydrolysis) is 1. The summed E-state index contributed by atoms with van der Waals surface area (Å²) in [5.74, 6) is -4.30. The number of hydrogen-bond acceptors (Lipinski definition) is 11. The lowest BCUT2D eigenvalue weighted by Gasteiger charge is -2.30. The number of amides is 6. The molecule has 3 aliphatic heterocycles. The van der Waals surface area contributed by atoms with Gasteiger partial charge in [0.15, 0.2) is 6.61 Å². The molecular formula is C41H51FN6O11S. The number of para-hydroxylation sites is 1. The fraction of sp³-hybridized carbons (Fsp3) is 0.512. The number of nitrogens with one attached hydrogen (secondary N) is 4. The lowest BCUT2D eigenvalue weighted by atomic mass is 10.0. The molecule has 0 bridgehead atoms. The van der Waals surface area contributed by atoms with E-state index in [1.165, 1.54) is 47.2 Å². The molecule has 60 heavy (non-hydrogen) atoms. The average molecular weight is 855 g/mol. The van der Waals surface area contributed by atoms with E-state index >= 15 is 0 Å². The van der Waals surface area contributed by atoms with Crippen molar-refractivity contribution in [3.63, 3.8) is 0 Å². The number of nitrogens with zero attached hydrogens (tertiary/aromatic N) is 2. The topological polar surface area (TPSA) is 219 Å². The predicted octanol–water partition coefficient (Wildman–Crippen LogP) is 3.17. The van der Waals surface area contributed by atoms with Crippen LogP contribution in [0.1, 0.15) is 76.8 Å². The zero-order valence-corrected chi connectivity index (χ0v) is 34.8. The molecule has 1 aliphatic carbocycles. The molecule has 2 aromatic rings. The van der Waals surface area contributed by atoms with Gasteiger partial charge >= 0.3 is 12.2 Å². The first kappa shape index (κ1) is 43.8. The van der Waals surface area contributed by atoms with Crippen molar-refractivity contribution in [2.24, 2.45) is 5.92 Å². The Kier molecular flexibility index (Phi) is 13.1. The summed E-state index contributed by atoms with van der Waals surface area (Å²) in [6.07, 6.45) is 3.44. The number of hydrogen-bond donors (Lipinski definition) is 4. The Morgan fingerprint density at radius 3 is 2.52 bits per heavy atom. The molecule has 324 valence electrons. The van der Waals surface area contributed by atoms with E-state index in [9.17, 15) is 41.6 Å². The Balaban J connectivity index is 1.27. The highest BCUT2D eigenvalue weighted by molar-refractivity contribution is 7.90. The van der Waals surface area contributed by atoms with Crippen LogP contribution < -0.4 is 25.4 Å². The second-order valence-electron chi connectivity index (χ2n) is 16.4. The monoisotopic (exact) mass is 854 g/mol. The number of carbonyl (C=O) groups is 6. The van der Waals surface area contributed by atoms with Gasteiger partial charge in [0.05, 0.1) is 13.1 Å². The van der Waals surface area contributed by atoms with Gasteiger partial charge in [-0.3, -0.25) is 24.1 Å². The van der Waals surface area contributed by atoms with Crippen molar-refractivity contribution in [3.05, 3.63) is 71.6 Å². The van der Waals surface area contributed by atoms with E-state index in [0.29, 0.717) is 36.8 Å². The van der Waals surface area contributed by atoms with Gasteiger partial charge in [0.2, 0.25) is 11.8 Å². The van der Waals surface area contributed by atoms with E-state index < -0.39 is 98.4 Å². The van der Waals surface area contributed by atoms with Gasteiger partial charge in [-0.1, -0.05) is 49.3 Å². The standard InChI is InChI=1S/C41H51FN6O11S/c1-40(2,3)59-38(53)44-30-16-9-7-5-6-8-14-26-20-41(26,37(52)46-60(55,56)33-18-11-10-17-32(33)57-24-34(49)43-4)45-35(50)31-19-27(22-48(31)36(30)51)58-39(54)47-21-25-13-12-15-29(42)28(25)23-47/h8,10-15,17-18,26-27,30-31H,5-7,9,16,19-24H2,1-4H3,(H,43,49)(H,44,53)(H,45,50)(H,46,52)/t26-,27+,30-,31-,41+/m0/s1. The zero-order valence-electron chi connectivity index (χ0n) is 34.0. The third kappa shape index (κ3) is 10.2. The fourth-order valence-corrected chi connectivity index (χ4v) is 8.80. The normalized spacial score (nSPS) is 24.4. The molecule has 19 heteroatoms. The molecule has 0 spiro atoms. The first-order valence-corrected chi connectivity index (χ1v) is 21.4. The highest BCUT2D eigenvalue weighted by Gasteiger charge is 2.62. The number of allylic oxidation sites excluding steroid dienone is 1. The number of ether oxygens (including phenoxy) is 3. The summed E-state index contributed by atoms with van der Waals surface area (Å²) in [5, 5.41) is 7.78. The van der Waals surface area contributed by atoms with E-state index in [1.807, 2.05) is 6.08 Å². The molecular weight excluding hydrogens is 804 g/mol. The number of fused-ring (bicyclic) bond motifs is 3. The fourth-order valence-electron chi connectivity index (χ4n) is 7.62. The molecule has 6 amide bonds. The molecule has 3 heterocycles. The number of benzene rings is 2. The van der Waals surface area contributed by atoms with E-state index in [1.54, 1.807) is 39.0 Å². The Labute approximate surface area is 347 Å². The summed E-state index contributed by atoms with van der Waals surface area (Å²) < 4.78 is 60.8. The van der Waals surface area contributed by atoms with Crippen molar-refractivity contribution < 1.29 is 55.8 Å². The maximum Gasteiger partial charge on any atom is 0.410 e. The van der Waals surface area contributed by atoms with Crippen molar-refractivity contribution >= 4 is 45.8 Å². The van der Waals surface area contributed by atoms with Crippen molar-refractivity contribution in [2.75, 3.05) is 20.2 Å². The molecule has 1 saturated heterocycles. The van der Waals surface area contributed by atoms with Crippen LogP contribution >= 0.6 is 0 Å². The first-order valence-electron chi connectivity index (χ1n) is 19.9. The van der Waals surface area contributed by atoms with Gasteiger partial charge in [-0.05, 0) is 70.2 Å². The second kappa shape index (κ2) is 17.9. The summed E-state index contributed by atoms with van der Waals surface area (Å²) in [6, 6.07) is 7.53. The van der Waals surface area contributed by atoms with Gasteiger partial charge < -0.3 is 35.1 Å². The molecule has 17 nitrogen and oxygen atoms in total. The van der Waals surface area contributed by atoms with Gasteiger partial charge in [-0.2, -0.15) is 0 Å². The van der Waals surface area contributed by atoms with Gasteiger partial charge in [0.1, 0.15) is 45.8 Å². The number of rotatable bonds is 8. The third-order valence-electron chi connectivity index (χ3n) is 10.8. The van der Waals surface area contributed by atoms with Crippen LogP contribution in [0.3, 0.4) is 0 Å². The van der Waals surface area contributed by atoms with Crippen LogP contribution in [0.15, 0.2) is 59.5 Å². The molecule has 4 aliphatic rings. The summed E-state index contributed by atoms with van der Waals surface area (Å²) >= 11 is 0. The molecule has 0 aromatic heterocycles. The highest BCUT2D eigenvalue weighted by Crippen LogP contribution is 2.46. The first-order chi connectivity index (χ1) is 28.4. The van der Waals surface area contributed by atoms with Crippen molar-refractivity contribution in [1.82, 2.24) is 30.5 Å². The van der Waals surface area contributed by atoms with Crippen LogP contribution in [-0.2, 0) is 51.8 Å². The minimum Gasteiger partial charge on any atom is -0.482 e. The largest absolute Gasteiger partial charge is 0.482 e. The van der Waals surface area contributed by atoms with Gasteiger partial charge in [0.25, 0.3) is 21.8 Å². The molecule has 5 atom stereocenters. The zero-order chi connectivity index (χ0) is 43.4. The molecule has 6 rings (SSSR count). The quantitative estimate of drug-likeness (QED) is 0.283. The molecule has 2 aromatic carbocycles. The van der Waals surface area contributed by atoms with Crippen molar-refractivity contribution in [3.8, 4) is 5.75 Å². The van der Waals surface area contributed by atoms with Crippen LogP contribution in [0.5, 0.6) is 5.75 Å². The molecule has 2 fully saturated rings. The number of likely N-dealkylation sites (N-methyl/N-ethyl adjacent to an activating group) is 1. The van der Waals surface area contributed by atoms with Crippen molar-refractivity contribution in [2.45, 2.75) is 113 Å². The molecule has 0 radical (unpaired) electrons. The Morgan fingerprint density at radius 1 is 1.02 bits per heavy atom. The summed E-state index contributed by atoms with van der Waals surface area (Å²) in [7, 11) is -3.24. The van der Waals surface area contributed by atoms with E-state index in [0.717, 1.165) is 0 Å². The van der Waals surface area contributed by atoms with E-state index in [-0.39, 0.29) is 44.6 Å². The van der Waals surface area contributed by atoms with Gasteiger partial charge in [-0.15, -0.1) is 0 Å². The summed E-state index contributed by atoms with van der Waals surface area (Å²) in [6.45, 7) is 4.33. The van der Waals surface area contributed by atoms with Crippen LogP contribution in [-0.4, -0.2) is 104 Å². The number of carbonyl (C=O) groups excluding carboxylic acids is 6. The summed E-state index contributed by atoms with van der Waals surface area (Å²) in [5.41, 5.74) is -1.66. The minimum atomic E-state index is -4.63. The van der Waals surface area contributed by atoms with Crippen LogP contribution in [0.2, 0.25) is 0 Å². The minimum absolute atomic E-state index is 0.0272. The Morgan fingerprint density at radius 2 is 1.78 bits per heavy atom. The smallest absolute Gasteiger partial charge is 0.410 e. The maximum atomic E-state index is 14.5. The Bertz CT molecular complexity index is 2160. The lowest BCUT2D eigenvalue weighted by Crippen LogP contribution is -2.58. The Hall–Kier alpha value is -5.72. The van der Waals surface area contributed by atoms with Crippen LogP contribution in [0.25, 0.3) is 0 Å². The second-order valence-corrected chi connectivity index (χ2v) is 18.0. The van der Waals surface area contributed by atoms with E-state index in [2.05, 4.69) is 20.7 Å². The maximum absolute atomic E-state index is 14.5. The number of sulfonamides is 1. The lowest BCUT2D eigenvalue weighted by molar-refractivity contribution is -0.141. The van der Waals surface area contributed by atoms with Gasteiger partial charge in [0, 0.05) is 31.5 Å². The van der Waals surface area contributed by atoms with Crippen LogP contribution in [0, 0.1) is 11.7 Å². The van der Waals surface area contributed by atoms with Gasteiger partial charge in [-0.25, -0.2) is 27.1 Å². The number of halogens is 1. The molecule has 0 unspecified atom stereocenters. The third-order valence-corrected chi connectivity index (χ3v) is 12.2. The summed E-state index contributed by atoms with van der Waals surface area (Å²) in [4.78, 5) is 83.4. The van der Waals surface area contributed by atoms with Crippen LogP contribution in [0.4, 0.5) is 14.0 Å². The molecule has 1 saturated carbocycles. The van der Waals surface area contributed by atoms with E-state index in [4.69, 9.17) is 14.2 Å².